The zero-order chi connectivity index (χ0) is 16.4. The molecule has 2 aromatic rings. The van der Waals surface area contributed by atoms with E-state index >= 15 is 0 Å². The molecule has 1 aromatic carbocycles. The van der Waals surface area contributed by atoms with Gasteiger partial charge in [0.15, 0.2) is 6.39 Å². The second-order valence-electron chi connectivity index (χ2n) is 6.48. The first-order valence-electron chi connectivity index (χ1n) is 8.39. The molecule has 4 rings (SSSR count). The monoisotopic (exact) mass is 327 g/mol. The van der Waals surface area contributed by atoms with Gasteiger partial charge in [0.25, 0.3) is 5.91 Å². The zero-order valence-electron chi connectivity index (χ0n) is 13.5. The van der Waals surface area contributed by atoms with Crippen molar-refractivity contribution in [1.29, 1.82) is 0 Å². The number of nitrogens with one attached hydrogen (secondary N) is 1. The highest BCUT2D eigenvalue weighted by molar-refractivity contribution is 6.04. The van der Waals surface area contributed by atoms with Crippen LogP contribution in [-0.4, -0.2) is 42.2 Å². The first-order chi connectivity index (χ1) is 11.8. The van der Waals surface area contributed by atoms with E-state index in [-0.39, 0.29) is 23.3 Å². The number of nitrogens with zero attached hydrogens (tertiary/aromatic N) is 2. The average molecular weight is 327 g/mol. The topological polar surface area (TPSA) is 67.6 Å². The van der Waals surface area contributed by atoms with Crippen LogP contribution in [0.4, 0.5) is 5.69 Å². The Labute approximate surface area is 140 Å². The number of hydrogen-bond donors (Lipinski definition) is 1. The van der Waals surface area contributed by atoms with Crippen LogP contribution in [0.1, 0.15) is 29.8 Å². The summed E-state index contributed by atoms with van der Waals surface area (Å²) in [6.07, 6.45) is 5.58. The number of para-hydroxylation sites is 1. The molecule has 1 spiro atoms. The summed E-state index contributed by atoms with van der Waals surface area (Å²) in [5.74, 6) is 0.0865. The van der Waals surface area contributed by atoms with Crippen LogP contribution < -0.4 is 10.2 Å². The Hall–Kier alpha value is -2.18. The number of carbonyl (C=O) groups excluding carboxylic acids is 1. The van der Waals surface area contributed by atoms with Crippen molar-refractivity contribution >= 4 is 11.6 Å². The average Bonchev–Trinajstić information content (AvgIpc) is 3.28. The number of amides is 1. The number of benzene rings is 1. The molecule has 0 radical (unpaired) electrons. The molecule has 2 saturated heterocycles. The molecule has 2 aliphatic heterocycles. The molecule has 24 heavy (non-hydrogen) atoms. The van der Waals surface area contributed by atoms with Crippen molar-refractivity contribution < 1.29 is 13.9 Å². The fraction of sp³-hybridized carbons (Fsp3) is 0.444. The third-order valence-electron chi connectivity index (χ3n) is 4.97. The Morgan fingerprint density at radius 1 is 1.25 bits per heavy atom. The second-order valence-corrected chi connectivity index (χ2v) is 6.48. The summed E-state index contributed by atoms with van der Waals surface area (Å²) in [7, 11) is 0. The fourth-order valence-electron chi connectivity index (χ4n) is 3.74. The summed E-state index contributed by atoms with van der Waals surface area (Å²) in [6, 6.07) is 9.71. The van der Waals surface area contributed by atoms with E-state index in [4.69, 9.17) is 9.15 Å². The lowest BCUT2D eigenvalue weighted by atomic mass is 9.88. The van der Waals surface area contributed by atoms with Gasteiger partial charge in [-0.1, -0.05) is 18.2 Å². The highest BCUT2D eigenvalue weighted by Crippen LogP contribution is 2.37. The molecule has 1 amide bonds. The third-order valence-corrected chi connectivity index (χ3v) is 4.97. The molecule has 2 aliphatic rings. The molecule has 0 saturated carbocycles. The summed E-state index contributed by atoms with van der Waals surface area (Å²) in [5.41, 5.74) is 0.753. The van der Waals surface area contributed by atoms with Gasteiger partial charge in [-0.25, -0.2) is 4.98 Å². The molecule has 1 unspecified atom stereocenters. The Bertz CT molecular complexity index is 681. The Morgan fingerprint density at radius 3 is 2.75 bits per heavy atom. The number of aromatic nitrogens is 1. The van der Waals surface area contributed by atoms with Gasteiger partial charge in [-0.2, -0.15) is 0 Å². The van der Waals surface area contributed by atoms with E-state index in [9.17, 15) is 4.79 Å². The Balaban J connectivity index is 1.62. The minimum Gasteiger partial charge on any atom is -0.438 e. The highest BCUT2D eigenvalue weighted by Gasteiger charge is 2.45. The molecule has 126 valence electrons. The van der Waals surface area contributed by atoms with Crippen LogP contribution >= 0.6 is 0 Å². The highest BCUT2D eigenvalue weighted by atomic mass is 16.5. The van der Waals surface area contributed by atoms with Crippen molar-refractivity contribution in [2.75, 3.05) is 24.6 Å². The van der Waals surface area contributed by atoms with E-state index in [2.05, 4.69) is 10.3 Å². The molecule has 6 heteroatoms. The van der Waals surface area contributed by atoms with Crippen LogP contribution in [0, 0.1) is 0 Å². The van der Waals surface area contributed by atoms with Crippen LogP contribution in [0.3, 0.4) is 0 Å². The van der Waals surface area contributed by atoms with E-state index < -0.39 is 0 Å². The van der Waals surface area contributed by atoms with Crippen molar-refractivity contribution in [3.05, 3.63) is 48.7 Å². The minimum absolute atomic E-state index is 0.00287. The Kier molecular flexibility index (Phi) is 4.08. The molecule has 1 atom stereocenters. The zero-order valence-corrected chi connectivity index (χ0v) is 13.5. The van der Waals surface area contributed by atoms with E-state index in [1.54, 1.807) is 4.90 Å². The summed E-state index contributed by atoms with van der Waals surface area (Å²) >= 11 is 0. The van der Waals surface area contributed by atoms with Crippen LogP contribution in [0.15, 0.2) is 47.3 Å². The summed E-state index contributed by atoms with van der Waals surface area (Å²) in [4.78, 5) is 18.7. The van der Waals surface area contributed by atoms with E-state index in [0.29, 0.717) is 6.61 Å². The van der Waals surface area contributed by atoms with Gasteiger partial charge >= 0.3 is 0 Å². The lowest BCUT2D eigenvalue weighted by molar-refractivity contribution is -0.0193. The summed E-state index contributed by atoms with van der Waals surface area (Å²) in [5, 5.41) is 3.37. The lowest BCUT2D eigenvalue weighted by Gasteiger charge is -2.34. The number of carbonyl (C=O) groups is 1. The van der Waals surface area contributed by atoms with Gasteiger partial charge in [0.2, 0.25) is 5.76 Å². The number of oxazole rings is 1. The van der Waals surface area contributed by atoms with E-state index in [1.165, 1.54) is 12.6 Å². The molecular formula is C18H21N3O3. The van der Waals surface area contributed by atoms with Crippen LogP contribution in [0.5, 0.6) is 0 Å². The Morgan fingerprint density at radius 2 is 2.04 bits per heavy atom. The SMILES string of the molecule is O=C(c1cnco1)N(c1ccccc1)C1COC2(CCNCC2)C1. The second kappa shape index (κ2) is 6.37. The molecular weight excluding hydrogens is 306 g/mol. The predicted octanol–water partition coefficient (Wildman–Crippen LogP) is 2.23. The molecule has 0 aliphatic carbocycles. The predicted molar refractivity (Wildman–Crippen MR) is 88.9 cm³/mol. The van der Waals surface area contributed by atoms with Gasteiger partial charge in [0.05, 0.1) is 24.4 Å². The van der Waals surface area contributed by atoms with Crippen LogP contribution in [0.25, 0.3) is 0 Å². The maximum absolute atomic E-state index is 13.0. The van der Waals surface area contributed by atoms with E-state index in [0.717, 1.165) is 38.0 Å². The standard InChI is InChI=1S/C18H21N3O3/c22-17(16-11-20-13-23-16)21(14-4-2-1-3-5-14)15-10-18(24-12-15)6-8-19-9-7-18/h1-5,11,13,15,19H,6-10,12H2. The van der Waals surface area contributed by atoms with Crippen LogP contribution in [0.2, 0.25) is 0 Å². The molecule has 0 bridgehead atoms. The maximum Gasteiger partial charge on any atom is 0.296 e. The maximum atomic E-state index is 13.0. The van der Waals surface area contributed by atoms with Crippen molar-refractivity contribution in [2.24, 2.45) is 0 Å². The summed E-state index contributed by atoms with van der Waals surface area (Å²) in [6.45, 7) is 2.48. The number of ether oxygens (including phenoxy) is 1. The summed E-state index contributed by atoms with van der Waals surface area (Å²) < 4.78 is 11.4. The first kappa shape index (κ1) is 15.4. The van der Waals surface area contributed by atoms with Crippen molar-refractivity contribution in [1.82, 2.24) is 10.3 Å². The minimum atomic E-state index is -0.168. The van der Waals surface area contributed by atoms with Gasteiger partial charge in [0.1, 0.15) is 0 Å². The molecule has 3 heterocycles. The van der Waals surface area contributed by atoms with Gasteiger partial charge in [-0.05, 0) is 44.5 Å². The first-order valence-corrected chi connectivity index (χ1v) is 8.39. The molecule has 6 nitrogen and oxygen atoms in total. The smallest absolute Gasteiger partial charge is 0.296 e. The number of rotatable bonds is 3. The quantitative estimate of drug-likeness (QED) is 0.936. The lowest BCUT2D eigenvalue weighted by Crippen LogP contribution is -2.44. The number of hydrogen-bond acceptors (Lipinski definition) is 5. The molecule has 2 fully saturated rings. The third kappa shape index (κ3) is 2.83. The fourth-order valence-corrected chi connectivity index (χ4v) is 3.74. The van der Waals surface area contributed by atoms with Crippen molar-refractivity contribution in [3.8, 4) is 0 Å². The molecule has 1 aromatic heterocycles. The van der Waals surface area contributed by atoms with Crippen LogP contribution in [-0.2, 0) is 4.74 Å². The van der Waals surface area contributed by atoms with Crippen molar-refractivity contribution in [2.45, 2.75) is 30.9 Å². The number of piperidine rings is 1. The normalized spacial score (nSPS) is 22.6. The van der Waals surface area contributed by atoms with Gasteiger partial charge in [-0.3, -0.25) is 4.79 Å². The largest absolute Gasteiger partial charge is 0.438 e. The molecule has 1 N–H and O–H groups in total. The van der Waals surface area contributed by atoms with Gasteiger partial charge in [-0.15, -0.1) is 0 Å². The van der Waals surface area contributed by atoms with E-state index in [1.807, 2.05) is 30.3 Å². The number of anilines is 1. The van der Waals surface area contributed by atoms with Crippen molar-refractivity contribution in [3.63, 3.8) is 0 Å². The van der Waals surface area contributed by atoms with Gasteiger partial charge < -0.3 is 19.4 Å². The van der Waals surface area contributed by atoms with Gasteiger partial charge in [0, 0.05) is 5.69 Å².